The Morgan fingerprint density at radius 1 is 1.16 bits per heavy atom. The predicted octanol–water partition coefficient (Wildman–Crippen LogP) is 2.21. The molecule has 1 aliphatic rings. The summed E-state index contributed by atoms with van der Waals surface area (Å²) in [6, 6.07) is 1.22. The van der Waals surface area contributed by atoms with Crippen molar-refractivity contribution in [3.63, 3.8) is 0 Å². The minimum Gasteiger partial charge on any atom is -0.461 e. The lowest BCUT2D eigenvalue weighted by Crippen LogP contribution is -2.61. The van der Waals surface area contributed by atoms with Gasteiger partial charge in [0.25, 0.3) is 0 Å². The minimum absolute atomic E-state index is 0.0873. The van der Waals surface area contributed by atoms with E-state index in [0.29, 0.717) is 37.5 Å². The molecule has 0 aliphatic carbocycles. The van der Waals surface area contributed by atoms with Crippen molar-refractivity contribution in [2.24, 2.45) is 0 Å². The first-order chi connectivity index (χ1) is 15.1. The van der Waals surface area contributed by atoms with Crippen LogP contribution in [0.2, 0.25) is 0 Å². The Labute approximate surface area is 186 Å². The molecule has 0 spiro atoms. The SMILES string of the molecule is CCOC(=O)c1cc2[nH]c(=O)nc(N3C[C@@H](CC)N(C(=O)OC(C)(C)C)C[C@@H]3CC)n2n1. The summed E-state index contributed by atoms with van der Waals surface area (Å²) in [7, 11) is 0. The fourth-order valence-electron chi connectivity index (χ4n) is 3.83. The monoisotopic (exact) mass is 448 g/mol. The highest BCUT2D eigenvalue weighted by atomic mass is 16.6. The van der Waals surface area contributed by atoms with Crippen LogP contribution in [0.5, 0.6) is 0 Å². The van der Waals surface area contributed by atoms with Gasteiger partial charge in [-0.2, -0.15) is 14.6 Å². The van der Waals surface area contributed by atoms with Crippen molar-refractivity contribution in [3.8, 4) is 0 Å². The van der Waals surface area contributed by atoms with Crippen molar-refractivity contribution in [1.29, 1.82) is 0 Å². The maximum atomic E-state index is 12.8. The van der Waals surface area contributed by atoms with E-state index in [1.54, 1.807) is 11.8 Å². The van der Waals surface area contributed by atoms with Gasteiger partial charge in [0, 0.05) is 25.2 Å². The van der Waals surface area contributed by atoms with E-state index in [1.165, 1.54) is 10.6 Å². The molecule has 176 valence electrons. The molecule has 3 rings (SSSR count). The molecule has 1 fully saturated rings. The first-order valence-corrected chi connectivity index (χ1v) is 11.0. The fourth-order valence-corrected chi connectivity index (χ4v) is 3.83. The van der Waals surface area contributed by atoms with Crippen LogP contribution in [0.25, 0.3) is 5.65 Å². The molecule has 11 heteroatoms. The molecule has 0 bridgehead atoms. The number of nitrogens with one attached hydrogen (secondary N) is 1. The van der Waals surface area contributed by atoms with Gasteiger partial charge in [-0.3, -0.25) is 4.98 Å². The van der Waals surface area contributed by atoms with Gasteiger partial charge in [0.2, 0.25) is 5.95 Å². The third kappa shape index (κ3) is 4.86. The van der Waals surface area contributed by atoms with Crippen LogP contribution in [0.1, 0.15) is 64.9 Å². The predicted molar refractivity (Wildman–Crippen MR) is 118 cm³/mol. The quantitative estimate of drug-likeness (QED) is 0.691. The van der Waals surface area contributed by atoms with Crippen LogP contribution in [-0.2, 0) is 9.47 Å². The molecule has 2 aromatic rings. The number of H-pyrrole nitrogens is 1. The zero-order valence-corrected chi connectivity index (χ0v) is 19.5. The van der Waals surface area contributed by atoms with Crippen LogP contribution >= 0.6 is 0 Å². The van der Waals surface area contributed by atoms with Gasteiger partial charge in [-0.1, -0.05) is 13.8 Å². The summed E-state index contributed by atoms with van der Waals surface area (Å²) >= 11 is 0. The summed E-state index contributed by atoms with van der Waals surface area (Å²) in [6.45, 7) is 12.3. The minimum atomic E-state index is -0.590. The van der Waals surface area contributed by atoms with Crippen LogP contribution in [0, 0.1) is 0 Å². The Morgan fingerprint density at radius 2 is 1.84 bits per heavy atom. The van der Waals surface area contributed by atoms with Crippen molar-refractivity contribution >= 4 is 23.7 Å². The highest BCUT2D eigenvalue weighted by Gasteiger charge is 2.38. The number of piperazine rings is 1. The van der Waals surface area contributed by atoms with Gasteiger partial charge in [0.15, 0.2) is 5.69 Å². The van der Waals surface area contributed by atoms with Crippen LogP contribution in [0.3, 0.4) is 0 Å². The molecule has 3 heterocycles. The number of rotatable bonds is 5. The summed E-state index contributed by atoms with van der Waals surface area (Å²) in [4.78, 5) is 47.8. The van der Waals surface area contributed by atoms with Crippen LogP contribution in [0.4, 0.5) is 10.7 Å². The third-order valence-corrected chi connectivity index (χ3v) is 5.34. The van der Waals surface area contributed by atoms with E-state index in [-0.39, 0.29) is 30.5 Å². The van der Waals surface area contributed by atoms with Crippen molar-refractivity contribution in [1.82, 2.24) is 24.5 Å². The number of hydrogen-bond acceptors (Lipinski definition) is 8. The molecular formula is C21H32N6O5. The summed E-state index contributed by atoms with van der Waals surface area (Å²) in [5.74, 6) is -0.246. The topological polar surface area (TPSA) is 122 Å². The van der Waals surface area contributed by atoms with E-state index in [1.807, 2.05) is 39.5 Å². The van der Waals surface area contributed by atoms with Gasteiger partial charge >= 0.3 is 17.8 Å². The van der Waals surface area contributed by atoms with Gasteiger partial charge in [-0.05, 0) is 40.5 Å². The zero-order chi connectivity index (χ0) is 23.6. The highest BCUT2D eigenvalue weighted by molar-refractivity contribution is 5.88. The van der Waals surface area contributed by atoms with Gasteiger partial charge in [-0.25, -0.2) is 14.4 Å². The number of fused-ring (bicyclic) bond motifs is 1. The van der Waals surface area contributed by atoms with E-state index < -0.39 is 17.3 Å². The Morgan fingerprint density at radius 3 is 2.44 bits per heavy atom. The number of ether oxygens (including phenoxy) is 2. The summed E-state index contributed by atoms with van der Waals surface area (Å²) in [5, 5.41) is 4.33. The molecule has 2 atom stereocenters. The number of carbonyl (C=O) groups is 2. The fraction of sp³-hybridized carbons (Fsp3) is 0.667. The highest BCUT2D eigenvalue weighted by Crippen LogP contribution is 2.26. The van der Waals surface area contributed by atoms with Crippen LogP contribution in [-0.4, -0.2) is 73.9 Å². The number of anilines is 1. The number of hydrogen-bond donors (Lipinski definition) is 1. The molecule has 0 unspecified atom stereocenters. The maximum absolute atomic E-state index is 12.8. The molecule has 1 N–H and O–H groups in total. The maximum Gasteiger partial charge on any atom is 0.410 e. The summed E-state index contributed by atoms with van der Waals surface area (Å²) < 4.78 is 12.1. The normalized spacial score (nSPS) is 19.3. The number of nitrogens with zero attached hydrogens (tertiary/aromatic N) is 5. The van der Waals surface area contributed by atoms with Crippen molar-refractivity contribution in [2.45, 2.75) is 72.1 Å². The van der Waals surface area contributed by atoms with E-state index in [0.717, 1.165) is 0 Å². The number of esters is 1. The second-order valence-corrected chi connectivity index (χ2v) is 8.80. The lowest BCUT2D eigenvalue weighted by Gasteiger charge is -2.46. The van der Waals surface area contributed by atoms with Crippen LogP contribution < -0.4 is 10.6 Å². The second kappa shape index (κ2) is 9.17. The number of amides is 1. The van der Waals surface area contributed by atoms with E-state index >= 15 is 0 Å². The number of carbonyl (C=O) groups excluding carboxylic acids is 2. The molecule has 32 heavy (non-hydrogen) atoms. The molecule has 0 saturated carbocycles. The summed E-state index contributed by atoms with van der Waals surface area (Å²) in [5.41, 5.74) is -0.697. The summed E-state index contributed by atoms with van der Waals surface area (Å²) in [6.07, 6.45) is 1.05. The molecule has 11 nitrogen and oxygen atoms in total. The van der Waals surface area contributed by atoms with E-state index in [4.69, 9.17) is 9.47 Å². The van der Waals surface area contributed by atoms with Crippen LogP contribution in [0.15, 0.2) is 10.9 Å². The number of aromatic amines is 1. The standard InChI is InChI=1S/C21H32N6O5/c1-7-13-12-26(20(30)32-21(4,5)6)14(8-2)11-25(13)19-23-18(29)22-16-10-15(24-27(16)19)17(28)31-9-3/h10,13-14H,7-9,11-12H2,1-6H3,(H,22,29)/t13-,14+/m0/s1. The molecule has 0 aromatic carbocycles. The average molecular weight is 449 g/mol. The van der Waals surface area contributed by atoms with Crippen molar-refractivity contribution < 1.29 is 19.1 Å². The first kappa shape index (κ1) is 23.6. The Bertz CT molecular complexity index is 1040. The lowest BCUT2D eigenvalue weighted by molar-refractivity contribution is 0.00967. The average Bonchev–Trinajstić information content (AvgIpc) is 3.15. The zero-order valence-electron chi connectivity index (χ0n) is 19.5. The molecule has 1 amide bonds. The van der Waals surface area contributed by atoms with Gasteiger partial charge in [-0.15, -0.1) is 0 Å². The number of aromatic nitrogens is 4. The molecule has 2 aromatic heterocycles. The Kier molecular flexibility index (Phi) is 6.75. The molecular weight excluding hydrogens is 416 g/mol. The first-order valence-electron chi connectivity index (χ1n) is 11.0. The smallest absolute Gasteiger partial charge is 0.410 e. The van der Waals surface area contributed by atoms with E-state index in [2.05, 4.69) is 15.1 Å². The lowest BCUT2D eigenvalue weighted by atomic mass is 10.0. The molecule has 1 saturated heterocycles. The van der Waals surface area contributed by atoms with Crippen molar-refractivity contribution in [3.05, 3.63) is 22.2 Å². The van der Waals surface area contributed by atoms with Gasteiger partial charge < -0.3 is 19.3 Å². The molecule has 1 aliphatic heterocycles. The van der Waals surface area contributed by atoms with Gasteiger partial charge in [0.1, 0.15) is 11.2 Å². The third-order valence-electron chi connectivity index (χ3n) is 5.34. The largest absolute Gasteiger partial charge is 0.461 e. The Balaban J connectivity index is 1.99. The molecule has 0 radical (unpaired) electrons. The van der Waals surface area contributed by atoms with Gasteiger partial charge in [0.05, 0.1) is 12.6 Å². The van der Waals surface area contributed by atoms with E-state index in [9.17, 15) is 14.4 Å². The Hall–Kier alpha value is -3.11. The second-order valence-electron chi connectivity index (χ2n) is 8.80. The van der Waals surface area contributed by atoms with Crippen molar-refractivity contribution in [2.75, 3.05) is 24.6 Å².